The van der Waals surface area contributed by atoms with E-state index in [4.69, 9.17) is 0 Å². The van der Waals surface area contributed by atoms with E-state index in [-0.39, 0.29) is 12.8 Å². The molecule has 0 spiro atoms. The zero-order valence-corrected chi connectivity index (χ0v) is 7.53. The fourth-order valence-corrected chi connectivity index (χ4v) is 0.959. The standard InChI is InChI=1S/C9H18O.CH4/c1-5-6-8(10)7-9(2,3)4;/h5-7H2,1-4H3;1H4. The van der Waals surface area contributed by atoms with E-state index in [0.717, 1.165) is 19.3 Å². The van der Waals surface area contributed by atoms with Gasteiger partial charge in [-0.25, -0.2) is 0 Å². The number of ketones is 1. The van der Waals surface area contributed by atoms with Crippen molar-refractivity contribution < 1.29 is 4.79 Å². The van der Waals surface area contributed by atoms with Crippen LogP contribution in [0, 0.1) is 5.41 Å². The van der Waals surface area contributed by atoms with E-state index in [9.17, 15) is 4.79 Å². The molecule has 0 atom stereocenters. The van der Waals surface area contributed by atoms with Crippen LogP contribution in [0.2, 0.25) is 0 Å². The molecule has 1 heteroatoms. The van der Waals surface area contributed by atoms with E-state index in [0.29, 0.717) is 5.78 Å². The highest BCUT2D eigenvalue weighted by atomic mass is 16.1. The van der Waals surface area contributed by atoms with Gasteiger partial charge in [-0.1, -0.05) is 35.1 Å². The summed E-state index contributed by atoms with van der Waals surface area (Å²) in [6, 6.07) is 0. The highest BCUT2D eigenvalue weighted by Gasteiger charge is 2.14. The monoisotopic (exact) mass is 158 g/mol. The van der Waals surface area contributed by atoms with Gasteiger partial charge in [-0.05, 0) is 11.8 Å². The van der Waals surface area contributed by atoms with Crippen LogP contribution >= 0.6 is 0 Å². The molecule has 0 aromatic heterocycles. The maximum atomic E-state index is 11.1. The minimum atomic E-state index is 0. The fraction of sp³-hybridized carbons (Fsp3) is 0.900. The maximum Gasteiger partial charge on any atom is 0.133 e. The van der Waals surface area contributed by atoms with Crippen molar-refractivity contribution in [1.29, 1.82) is 0 Å². The van der Waals surface area contributed by atoms with Crippen molar-refractivity contribution in [1.82, 2.24) is 0 Å². The number of hydrogen-bond acceptors (Lipinski definition) is 1. The molecular formula is C10H22O. The summed E-state index contributed by atoms with van der Waals surface area (Å²) < 4.78 is 0. The molecule has 11 heavy (non-hydrogen) atoms. The summed E-state index contributed by atoms with van der Waals surface area (Å²) in [5.41, 5.74) is 0.173. The predicted molar refractivity (Wildman–Crippen MR) is 50.7 cm³/mol. The molecule has 0 radical (unpaired) electrons. The molecule has 0 saturated heterocycles. The molecule has 0 aliphatic heterocycles. The first-order chi connectivity index (χ1) is 4.45. The molecular weight excluding hydrogens is 136 g/mol. The molecule has 0 aliphatic carbocycles. The van der Waals surface area contributed by atoms with Gasteiger partial charge in [0.05, 0.1) is 0 Å². The Hall–Kier alpha value is -0.330. The molecule has 0 saturated carbocycles. The Balaban J connectivity index is 0. The van der Waals surface area contributed by atoms with Crippen LogP contribution in [-0.4, -0.2) is 5.78 Å². The van der Waals surface area contributed by atoms with Crippen LogP contribution in [-0.2, 0) is 4.79 Å². The number of carbonyl (C=O) groups excluding carboxylic acids is 1. The summed E-state index contributed by atoms with van der Waals surface area (Å²) in [5.74, 6) is 0.398. The van der Waals surface area contributed by atoms with Gasteiger partial charge in [0, 0.05) is 12.8 Å². The van der Waals surface area contributed by atoms with Crippen molar-refractivity contribution in [2.75, 3.05) is 0 Å². The lowest BCUT2D eigenvalue weighted by Crippen LogP contribution is -2.12. The Morgan fingerprint density at radius 3 is 2.00 bits per heavy atom. The molecule has 0 rings (SSSR count). The third-order valence-corrected chi connectivity index (χ3v) is 1.26. The van der Waals surface area contributed by atoms with E-state index in [2.05, 4.69) is 20.8 Å². The van der Waals surface area contributed by atoms with Gasteiger partial charge in [0.15, 0.2) is 0 Å². The number of carbonyl (C=O) groups is 1. The first kappa shape index (κ1) is 13.3. The van der Waals surface area contributed by atoms with E-state index < -0.39 is 0 Å². The van der Waals surface area contributed by atoms with Crippen molar-refractivity contribution in [3.05, 3.63) is 0 Å². The average molecular weight is 158 g/mol. The topological polar surface area (TPSA) is 17.1 Å². The normalized spacial score (nSPS) is 10.5. The van der Waals surface area contributed by atoms with E-state index in [1.165, 1.54) is 0 Å². The minimum absolute atomic E-state index is 0. The average Bonchev–Trinajstić information content (AvgIpc) is 1.59. The van der Waals surface area contributed by atoms with Gasteiger partial charge in [0.2, 0.25) is 0 Å². The largest absolute Gasteiger partial charge is 0.300 e. The van der Waals surface area contributed by atoms with E-state index >= 15 is 0 Å². The van der Waals surface area contributed by atoms with Crippen LogP contribution < -0.4 is 0 Å². The molecule has 0 fully saturated rings. The Labute approximate surface area is 71.2 Å². The van der Waals surface area contributed by atoms with Crippen LogP contribution in [0.5, 0.6) is 0 Å². The van der Waals surface area contributed by atoms with Crippen LogP contribution in [0.4, 0.5) is 0 Å². The molecule has 0 N–H and O–H groups in total. The molecule has 0 bridgehead atoms. The minimum Gasteiger partial charge on any atom is -0.300 e. The summed E-state index contributed by atoms with van der Waals surface area (Å²) in [5, 5.41) is 0. The molecule has 0 aromatic rings. The Kier molecular flexibility index (Phi) is 6.44. The second kappa shape index (κ2) is 5.34. The fourth-order valence-electron chi connectivity index (χ4n) is 0.959. The van der Waals surface area contributed by atoms with Crippen LogP contribution in [0.25, 0.3) is 0 Å². The quantitative estimate of drug-likeness (QED) is 0.615. The van der Waals surface area contributed by atoms with Crippen LogP contribution in [0.1, 0.15) is 54.4 Å². The third-order valence-electron chi connectivity index (χ3n) is 1.26. The lowest BCUT2D eigenvalue weighted by molar-refractivity contribution is -0.120. The van der Waals surface area contributed by atoms with Crippen LogP contribution in [0.3, 0.4) is 0 Å². The van der Waals surface area contributed by atoms with Crippen LogP contribution in [0.15, 0.2) is 0 Å². The lowest BCUT2D eigenvalue weighted by atomic mass is 9.89. The lowest BCUT2D eigenvalue weighted by Gasteiger charge is -2.15. The SMILES string of the molecule is C.CCCC(=O)CC(C)(C)C. The van der Waals surface area contributed by atoms with Crippen molar-refractivity contribution in [3.63, 3.8) is 0 Å². The van der Waals surface area contributed by atoms with Gasteiger partial charge in [-0.3, -0.25) is 4.79 Å². The predicted octanol–water partition coefficient (Wildman–Crippen LogP) is 3.43. The zero-order valence-electron chi connectivity index (χ0n) is 7.53. The number of Topliss-reactive ketones (excluding diaryl/α,β-unsaturated/α-hetero) is 1. The summed E-state index contributed by atoms with van der Waals surface area (Å²) in [7, 11) is 0. The summed E-state index contributed by atoms with van der Waals surface area (Å²) in [6.45, 7) is 8.34. The first-order valence-electron chi connectivity index (χ1n) is 3.97. The highest BCUT2D eigenvalue weighted by Crippen LogP contribution is 2.19. The Bertz CT molecular complexity index is 109. The van der Waals surface area contributed by atoms with E-state index in [1.54, 1.807) is 0 Å². The maximum absolute atomic E-state index is 11.1. The van der Waals surface area contributed by atoms with Gasteiger partial charge in [0.1, 0.15) is 5.78 Å². The second-order valence-corrected chi connectivity index (χ2v) is 4.03. The Morgan fingerprint density at radius 2 is 1.73 bits per heavy atom. The van der Waals surface area contributed by atoms with Crippen molar-refractivity contribution in [3.8, 4) is 0 Å². The first-order valence-corrected chi connectivity index (χ1v) is 3.97. The van der Waals surface area contributed by atoms with Gasteiger partial charge in [-0.15, -0.1) is 0 Å². The highest BCUT2D eigenvalue weighted by molar-refractivity contribution is 5.78. The Morgan fingerprint density at radius 1 is 1.27 bits per heavy atom. The molecule has 0 aliphatic rings. The number of hydrogen-bond donors (Lipinski definition) is 0. The van der Waals surface area contributed by atoms with Crippen molar-refractivity contribution in [2.45, 2.75) is 54.4 Å². The smallest absolute Gasteiger partial charge is 0.133 e. The molecule has 0 aromatic carbocycles. The molecule has 68 valence electrons. The summed E-state index contributed by atoms with van der Waals surface area (Å²) in [4.78, 5) is 11.1. The van der Waals surface area contributed by atoms with Gasteiger partial charge in [0.25, 0.3) is 0 Å². The van der Waals surface area contributed by atoms with Gasteiger partial charge >= 0.3 is 0 Å². The van der Waals surface area contributed by atoms with Gasteiger partial charge < -0.3 is 0 Å². The summed E-state index contributed by atoms with van der Waals surface area (Å²) in [6.07, 6.45) is 2.45. The zero-order chi connectivity index (χ0) is 8.20. The number of rotatable bonds is 3. The molecule has 0 heterocycles. The second-order valence-electron chi connectivity index (χ2n) is 4.03. The summed E-state index contributed by atoms with van der Waals surface area (Å²) >= 11 is 0. The third kappa shape index (κ3) is 9.67. The molecule has 0 amide bonds. The van der Waals surface area contributed by atoms with Crippen molar-refractivity contribution >= 4 is 5.78 Å². The van der Waals surface area contributed by atoms with Gasteiger partial charge in [-0.2, -0.15) is 0 Å². The molecule has 0 unspecified atom stereocenters. The molecule has 1 nitrogen and oxygen atoms in total. The van der Waals surface area contributed by atoms with E-state index in [1.807, 2.05) is 6.92 Å². The van der Waals surface area contributed by atoms with Crippen molar-refractivity contribution in [2.24, 2.45) is 5.41 Å².